The standard InChI is InChI=1S/C17H27NO/c1-5-18-16(17(19-4)10-6-7-11-17)15-9-8-13(2)12-14(15)3/h8-9,12,16,18H,5-7,10-11H2,1-4H3. The SMILES string of the molecule is CCNC(c1ccc(C)cc1C)C1(OC)CCCC1. The van der Waals surface area contributed by atoms with Gasteiger partial charge in [0, 0.05) is 7.11 Å². The van der Waals surface area contributed by atoms with Gasteiger partial charge in [0.25, 0.3) is 0 Å². The Hall–Kier alpha value is -0.860. The Morgan fingerprint density at radius 2 is 1.95 bits per heavy atom. The Morgan fingerprint density at radius 1 is 1.26 bits per heavy atom. The van der Waals surface area contributed by atoms with Gasteiger partial charge in [-0.15, -0.1) is 0 Å². The van der Waals surface area contributed by atoms with Crippen LogP contribution in [-0.2, 0) is 4.74 Å². The summed E-state index contributed by atoms with van der Waals surface area (Å²) in [5.41, 5.74) is 4.08. The summed E-state index contributed by atoms with van der Waals surface area (Å²) in [4.78, 5) is 0. The molecule has 1 aromatic rings. The summed E-state index contributed by atoms with van der Waals surface area (Å²) in [6.07, 6.45) is 4.88. The van der Waals surface area contributed by atoms with Crippen LogP contribution in [0.25, 0.3) is 0 Å². The maximum Gasteiger partial charge on any atom is 0.0872 e. The topological polar surface area (TPSA) is 21.3 Å². The Labute approximate surface area is 117 Å². The third kappa shape index (κ3) is 2.85. The smallest absolute Gasteiger partial charge is 0.0872 e. The molecular weight excluding hydrogens is 234 g/mol. The van der Waals surface area contributed by atoms with Crippen molar-refractivity contribution in [3.8, 4) is 0 Å². The van der Waals surface area contributed by atoms with Gasteiger partial charge in [-0.1, -0.05) is 43.5 Å². The molecule has 0 aliphatic heterocycles. The number of aryl methyl sites for hydroxylation is 2. The van der Waals surface area contributed by atoms with E-state index in [0.29, 0.717) is 6.04 Å². The number of benzene rings is 1. The monoisotopic (exact) mass is 261 g/mol. The molecule has 0 saturated heterocycles. The van der Waals surface area contributed by atoms with E-state index in [1.54, 1.807) is 0 Å². The van der Waals surface area contributed by atoms with Gasteiger partial charge in [0.15, 0.2) is 0 Å². The molecule has 2 nitrogen and oxygen atoms in total. The third-order valence-electron chi connectivity index (χ3n) is 4.53. The van der Waals surface area contributed by atoms with E-state index in [0.717, 1.165) is 19.4 Å². The van der Waals surface area contributed by atoms with Crippen molar-refractivity contribution < 1.29 is 4.74 Å². The normalized spacial score (nSPS) is 19.6. The number of hydrogen-bond acceptors (Lipinski definition) is 2. The average molecular weight is 261 g/mol. The Kier molecular flexibility index (Phi) is 4.64. The lowest BCUT2D eigenvalue weighted by atomic mass is 9.84. The van der Waals surface area contributed by atoms with Crippen LogP contribution in [0.15, 0.2) is 18.2 Å². The van der Waals surface area contributed by atoms with Crippen molar-refractivity contribution in [1.29, 1.82) is 0 Å². The first kappa shape index (κ1) is 14.5. The number of nitrogens with one attached hydrogen (secondary N) is 1. The Morgan fingerprint density at radius 3 is 2.47 bits per heavy atom. The van der Waals surface area contributed by atoms with Crippen LogP contribution in [0.1, 0.15) is 55.3 Å². The number of methoxy groups -OCH3 is 1. The fourth-order valence-electron chi connectivity index (χ4n) is 3.52. The number of rotatable bonds is 5. The molecule has 1 aromatic carbocycles. The lowest BCUT2D eigenvalue weighted by molar-refractivity contribution is -0.0365. The highest BCUT2D eigenvalue weighted by Crippen LogP contribution is 2.43. The van der Waals surface area contributed by atoms with Crippen molar-refractivity contribution in [1.82, 2.24) is 5.32 Å². The average Bonchev–Trinajstić information content (AvgIpc) is 2.87. The summed E-state index contributed by atoms with van der Waals surface area (Å²) in [5.74, 6) is 0. The molecule has 1 N–H and O–H groups in total. The molecule has 0 heterocycles. The van der Waals surface area contributed by atoms with Crippen molar-refractivity contribution >= 4 is 0 Å². The van der Waals surface area contributed by atoms with E-state index in [4.69, 9.17) is 4.74 Å². The van der Waals surface area contributed by atoms with Crippen molar-refractivity contribution in [3.63, 3.8) is 0 Å². The van der Waals surface area contributed by atoms with Gasteiger partial charge >= 0.3 is 0 Å². The van der Waals surface area contributed by atoms with Crippen molar-refractivity contribution in [2.75, 3.05) is 13.7 Å². The van der Waals surface area contributed by atoms with E-state index in [1.165, 1.54) is 29.5 Å². The molecule has 1 saturated carbocycles. The summed E-state index contributed by atoms with van der Waals surface area (Å²) in [6.45, 7) is 7.52. The van der Waals surface area contributed by atoms with Gasteiger partial charge in [-0.3, -0.25) is 0 Å². The molecule has 1 atom stereocenters. The van der Waals surface area contributed by atoms with Crippen molar-refractivity contribution in [2.45, 2.75) is 58.1 Å². The minimum absolute atomic E-state index is 0.0178. The molecule has 1 aliphatic rings. The summed E-state index contributed by atoms with van der Waals surface area (Å²) >= 11 is 0. The molecule has 1 fully saturated rings. The maximum atomic E-state index is 5.99. The largest absolute Gasteiger partial charge is 0.376 e. The first-order valence-electron chi connectivity index (χ1n) is 7.48. The fraction of sp³-hybridized carbons (Fsp3) is 0.647. The molecule has 0 spiro atoms. The third-order valence-corrected chi connectivity index (χ3v) is 4.53. The quantitative estimate of drug-likeness (QED) is 0.867. The second kappa shape index (κ2) is 6.06. The van der Waals surface area contributed by atoms with Crippen LogP contribution >= 0.6 is 0 Å². The molecule has 0 bridgehead atoms. The molecule has 106 valence electrons. The van der Waals surface area contributed by atoms with Gasteiger partial charge in [0.1, 0.15) is 0 Å². The van der Waals surface area contributed by atoms with E-state index in [-0.39, 0.29) is 5.60 Å². The second-order valence-corrected chi connectivity index (χ2v) is 5.83. The van der Waals surface area contributed by atoms with Gasteiger partial charge in [-0.25, -0.2) is 0 Å². The minimum atomic E-state index is -0.0178. The van der Waals surface area contributed by atoms with Crippen molar-refractivity contribution in [2.24, 2.45) is 0 Å². The molecule has 2 heteroatoms. The lowest BCUT2D eigenvalue weighted by Crippen LogP contribution is -2.43. The van der Waals surface area contributed by atoms with Crippen LogP contribution in [0, 0.1) is 13.8 Å². The van der Waals surface area contributed by atoms with E-state index in [1.807, 2.05) is 7.11 Å². The van der Waals surface area contributed by atoms with Crippen molar-refractivity contribution in [3.05, 3.63) is 34.9 Å². The molecule has 0 radical (unpaired) electrons. The van der Waals surface area contributed by atoms with E-state index >= 15 is 0 Å². The molecule has 1 unspecified atom stereocenters. The highest BCUT2D eigenvalue weighted by Gasteiger charge is 2.42. The number of hydrogen-bond donors (Lipinski definition) is 1. The Bertz CT molecular complexity index is 421. The van der Waals surface area contributed by atoms with Crippen LogP contribution in [0.2, 0.25) is 0 Å². The zero-order chi connectivity index (χ0) is 13.9. The van der Waals surface area contributed by atoms with E-state index in [2.05, 4.69) is 44.3 Å². The lowest BCUT2D eigenvalue weighted by Gasteiger charge is -2.38. The van der Waals surface area contributed by atoms with Gasteiger partial charge in [0.05, 0.1) is 11.6 Å². The summed E-state index contributed by atoms with van der Waals surface area (Å²) in [7, 11) is 1.87. The van der Waals surface area contributed by atoms with Crippen LogP contribution in [0.5, 0.6) is 0 Å². The van der Waals surface area contributed by atoms with Crippen LogP contribution < -0.4 is 5.32 Å². The minimum Gasteiger partial charge on any atom is -0.376 e. The zero-order valence-electron chi connectivity index (χ0n) is 12.8. The summed E-state index contributed by atoms with van der Waals surface area (Å²) in [5, 5.41) is 3.67. The predicted molar refractivity (Wildman–Crippen MR) is 80.5 cm³/mol. The molecule has 1 aliphatic carbocycles. The van der Waals surface area contributed by atoms with Gasteiger partial charge in [-0.2, -0.15) is 0 Å². The van der Waals surface area contributed by atoms with Gasteiger partial charge in [0.2, 0.25) is 0 Å². The number of ether oxygens (including phenoxy) is 1. The maximum absolute atomic E-state index is 5.99. The second-order valence-electron chi connectivity index (χ2n) is 5.83. The fourth-order valence-corrected chi connectivity index (χ4v) is 3.52. The first-order valence-corrected chi connectivity index (χ1v) is 7.48. The van der Waals surface area contributed by atoms with E-state index in [9.17, 15) is 0 Å². The van der Waals surface area contributed by atoms with E-state index < -0.39 is 0 Å². The summed E-state index contributed by atoms with van der Waals surface area (Å²) < 4.78 is 5.99. The molecular formula is C17H27NO. The molecule has 2 rings (SSSR count). The Balaban J connectivity index is 2.38. The van der Waals surface area contributed by atoms with Gasteiger partial charge < -0.3 is 10.1 Å². The highest BCUT2D eigenvalue weighted by molar-refractivity contribution is 5.35. The van der Waals surface area contributed by atoms with Crippen LogP contribution in [0.4, 0.5) is 0 Å². The van der Waals surface area contributed by atoms with Crippen LogP contribution in [-0.4, -0.2) is 19.3 Å². The van der Waals surface area contributed by atoms with Gasteiger partial charge in [-0.05, 0) is 44.4 Å². The molecule has 19 heavy (non-hydrogen) atoms. The molecule has 0 aromatic heterocycles. The predicted octanol–water partition coefficient (Wildman–Crippen LogP) is 3.91. The number of likely N-dealkylation sites (N-methyl/N-ethyl adjacent to an activating group) is 1. The first-order chi connectivity index (χ1) is 9.13. The zero-order valence-corrected chi connectivity index (χ0v) is 12.8. The van der Waals surface area contributed by atoms with Crippen LogP contribution in [0.3, 0.4) is 0 Å². The molecule has 0 amide bonds. The highest BCUT2D eigenvalue weighted by atomic mass is 16.5. The summed E-state index contributed by atoms with van der Waals surface area (Å²) in [6, 6.07) is 7.07.